The van der Waals surface area contributed by atoms with Crippen molar-refractivity contribution in [2.75, 3.05) is 11.4 Å². The minimum atomic E-state index is -0.192. The number of rotatable bonds is 1. The Morgan fingerprint density at radius 2 is 1.94 bits per heavy atom. The van der Waals surface area contributed by atoms with Gasteiger partial charge in [-0.1, -0.05) is 0 Å². The number of piperidine rings is 1. The van der Waals surface area contributed by atoms with E-state index in [4.69, 9.17) is 5.73 Å². The largest absolute Gasteiger partial charge is 0.365 e. The molecule has 1 saturated heterocycles. The van der Waals surface area contributed by atoms with E-state index < -0.39 is 0 Å². The second-order valence-corrected chi connectivity index (χ2v) is 5.20. The molecule has 2 N–H and O–H groups in total. The van der Waals surface area contributed by atoms with E-state index in [1.54, 1.807) is 0 Å². The highest BCUT2D eigenvalue weighted by Gasteiger charge is 2.32. The van der Waals surface area contributed by atoms with Crippen LogP contribution in [0, 0.1) is 5.82 Å². The van der Waals surface area contributed by atoms with Crippen LogP contribution in [0.25, 0.3) is 0 Å². The Labute approximate surface area is 96.2 Å². The zero-order valence-corrected chi connectivity index (χ0v) is 9.91. The molecule has 1 atom stereocenters. The molecule has 2 nitrogen and oxygen atoms in total. The Bertz CT molecular complexity index is 359. The highest BCUT2D eigenvalue weighted by Crippen LogP contribution is 2.31. The Morgan fingerprint density at radius 1 is 1.31 bits per heavy atom. The molecule has 0 aliphatic carbocycles. The second-order valence-electron chi connectivity index (χ2n) is 5.20. The number of halogens is 1. The lowest BCUT2D eigenvalue weighted by Crippen LogP contribution is -2.54. The highest BCUT2D eigenvalue weighted by atomic mass is 19.1. The van der Waals surface area contributed by atoms with Crippen LogP contribution in [-0.2, 0) is 0 Å². The maximum absolute atomic E-state index is 12.9. The summed E-state index contributed by atoms with van der Waals surface area (Å²) in [6, 6.07) is 6.89. The van der Waals surface area contributed by atoms with Gasteiger partial charge in [0, 0.05) is 23.8 Å². The average Bonchev–Trinajstić information content (AvgIpc) is 2.23. The number of benzene rings is 1. The van der Waals surface area contributed by atoms with E-state index in [-0.39, 0.29) is 17.4 Å². The van der Waals surface area contributed by atoms with Crippen molar-refractivity contribution >= 4 is 5.69 Å². The van der Waals surface area contributed by atoms with Crippen molar-refractivity contribution in [2.45, 2.75) is 38.3 Å². The zero-order valence-electron chi connectivity index (χ0n) is 9.91. The summed E-state index contributed by atoms with van der Waals surface area (Å²) >= 11 is 0. The Hall–Kier alpha value is -1.09. The first kappa shape index (κ1) is 11.4. The molecule has 1 aromatic rings. The quantitative estimate of drug-likeness (QED) is 0.791. The molecule has 0 amide bonds. The zero-order chi connectivity index (χ0) is 11.8. The molecule has 1 aliphatic rings. The minimum absolute atomic E-state index is 0.105. The molecule has 88 valence electrons. The van der Waals surface area contributed by atoms with Crippen LogP contribution < -0.4 is 10.6 Å². The van der Waals surface area contributed by atoms with Gasteiger partial charge in [0.25, 0.3) is 0 Å². The summed E-state index contributed by atoms with van der Waals surface area (Å²) in [5.74, 6) is -0.192. The first-order chi connectivity index (χ1) is 7.49. The van der Waals surface area contributed by atoms with E-state index in [2.05, 4.69) is 18.7 Å². The lowest BCUT2D eigenvalue weighted by molar-refractivity contribution is 0.335. The normalized spacial score (nSPS) is 24.5. The van der Waals surface area contributed by atoms with Gasteiger partial charge < -0.3 is 10.6 Å². The number of anilines is 1. The molecule has 1 unspecified atom stereocenters. The predicted molar refractivity (Wildman–Crippen MR) is 65.0 cm³/mol. The second kappa shape index (κ2) is 4.06. The summed E-state index contributed by atoms with van der Waals surface area (Å²) in [5, 5.41) is 0. The van der Waals surface area contributed by atoms with Crippen LogP contribution in [0.5, 0.6) is 0 Å². The van der Waals surface area contributed by atoms with E-state index in [1.165, 1.54) is 12.1 Å². The topological polar surface area (TPSA) is 29.3 Å². The average molecular weight is 222 g/mol. The Balaban J connectivity index is 2.26. The third kappa shape index (κ3) is 2.19. The van der Waals surface area contributed by atoms with Gasteiger partial charge in [-0.25, -0.2) is 4.39 Å². The molecule has 1 fully saturated rings. The SMILES string of the molecule is CC1(C)CCC(N)CN1c1ccc(F)cc1. The molecule has 1 aromatic carbocycles. The van der Waals surface area contributed by atoms with Crippen molar-refractivity contribution in [3.63, 3.8) is 0 Å². The maximum atomic E-state index is 12.9. The van der Waals surface area contributed by atoms with Gasteiger partial charge in [-0.3, -0.25) is 0 Å². The van der Waals surface area contributed by atoms with Crippen LogP contribution in [0.3, 0.4) is 0 Å². The molecule has 0 saturated carbocycles. The van der Waals surface area contributed by atoms with E-state index in [1.807, 2.05) is 12.1 Å². The van der Waals surface area contributed by atoms with Crippen LogP contribution in [0.2, 0.25) is 0 Å². The summed E-state index contributed by atoms with van der Waals surface area (Å²) in [4.78, 5) is 2.28. The fourth-order valence-electron chi connectivity index (χ4n) is 2.32. The van der Waals surface area contributed by atoms with Gasteiger partial charge in [0.1, 0.15) is 5.82 Å². The molecule has 0 radical (unpaired) electrons. The van der Waals surface area contributed by atoms with Crippen LogP contribution >= 0.6 is 0 Å². The van der Waals surface area contributed by atoms with E-state index in [0.29, 0.717) is 0 Å². The minimum Gasteiger partial charge on any atom is -0.365 e. The molecular weight excluding hydrogens is 203 g/mol. The standard InChI is InChI=1S/C13H19FN2/c1-13(2)8-7-11(15)9-16(13)12-5-3-10(14)4-6-12/h3-6,11H,7-9,15H2,1-2H3. The lowest BCUT2D eigenvalue weighted by Gasteiger charge is -2.46. The molecule has 0 aromatic heterocycles. The Morgan fingerprint density at radius 3 is 2.56 bits per heavy atom. The van der Waals surface area contributed by atoms with Crippen molar-refractivity contribution in [3.8, 4) is 0 Å². The van der Waals surface area contributed by atoms with Crippen LogP contribution in [0.1, 0.15) is 26.7 Å². The van der Waals surface area contributed by atoms with Gasteiger partial charge in [-0.2, -0.15) is 0 Å². The van der Waals surface area contributed by atoms with Gasteiger partial charge in [-0.15, -0.1) is 0 Å². The summed E-state index contributed by atoms with van der Waals surface area (Å²) in [7, 11) is 0. The summed E-state index contributed by atoms with van der Waals surface area (Å²) in [6.07, 6.45) is 2.14. The smallest absolute Gasteiger partial charge is 0.123 e. The fraction of sp³-hybridized carbons (Fsp3) is 0.538. The summed E-state index contributed by atoms with van der Waals surface area (Å²) in [5.41, 5.74) is 7.16. The van der Waals surface area contributed by atoms with Crippen molar-refractivity contribution in [3.05, 3.63) is 30.1 Å². The van der Waals surface area contributed by atoms with Crippen molar-refractivity contribution in [2.24, 2.45) is 5.73 Å². The van der Waals surface area contributed by atoms with Crippen LogP contribution in [0.4, 0.5) is 10.1 Å². The number of hydrogen-bond acceptors (Lipinski definition) is 2. The van der Waals surface area contributed by atoms with Crippen molar-refractivity contribution in [1.29, 1.82) is 0 Å². The molecular formula is C13H19FN2. The monoisotopic (exact) mass is 222 g/mol. The number of nitrogens with zero attached hydrogens (tertiary/aromatic N) is 1. The molecule has 16 heavy (non-hydrogen) atoms. The third-order valence-corrected chi connectivity index (χ3v) is 3.41. The first-order valence-electron chi connectivity index (χ1n) is 5.78. The van der Waals surface area contributed by atoms with Gasteiger partial charge in [-0.05, 0) is 51.0 Å². The highest BCUT2D eigenvalue weighted by molar-refractivity contribution is 5.49. The van der Waals surface area contributed by atoms with Crippen molar-refractivity contribution in [1.82, 2.24) is 0 Å². The Kier molecular flexibility index (Phi) is 2.89. The molecule has 0 spiro atoms. The van der Waals surface area contributed by atoms with Crippen molar-refractivity contribution < 1.29 is 4.39 Å². The van der Waals surface area contributed by atoms with Gasteiger partial charge in [0.15, 0.2) is 0 Å². The van der Waals surface area contributed by atoms with Crippen LogP contribution in [0.15, 0.2) is 24.3 Å². The van der Waals surface area contributed by atoms with Gasteiger partial charge >= 0.3 is 0 Å². The molecule has 1 aliphatic heterocycles. The summed E-state index contributed by atoms with van der Waals surface area (Å²) < 4.78 is 12.9. The lowest BCUT2D eigenvalue weighted by atomic mass is 9.88. The molecule has 3 heteroatoms. The number of hydrogen-bond donors (Lipinski definition) is 1. The number of nitrogens with two attached hydrogens (primary N) is 1. The summed E-state index contributed by atoms with van der Waals surface area (Å²) in [6.45, 7) is 5.27. The predicted octanol–water partition coefficient (Wildman–Crippen LogP) is 2.53. The van der Waals surface area contributed by atoms with E-state index in [9.17, 15) is 4.39 Å². The van der Waals surface area contributed by atoms with E-state index in [0.717, 1.165) is 25.1 Å². The van der Waals surface area contributed by atoms with E-state index >= 15 is 0 Å². The van der Waals surface area contributed by atoms with Gasteiger partial charge in [0.2, 0.25) is 0 Å². The fourth-order valence-corrected chi connectivity index (χ4v) is 2.32. The van der Waals surface area contributed by atoms with Crippen LogP contribution in [-0.4, -0.2) is 18.1 Å². The first-order valence-corrected chi connectivity index (χ1v) is 5.78. The van der Waals surface area contributed by atoms with Gasteiger partial charge in [0.05, 0.1) is 0 Å². The molecule has 1 heterocycles. The maximum Gasteiger partial charge on any atom is 0.123 e. The molecule has 2 rings (SSSR count). The third-order valence-electron chi connectivity index (χ3n) is 3.41. The molecule has 0 bridgehead atoms.